The Labute approximate surface area is 174 Å². The van der Waals surface area contributed by atoms with Gasteiger partial charge in [0.2, 0.25) is 10.0 Å². The molecule has 0 heterocycles. The van der Waals surface area contributed by atoms with Gasteiger partial charge in [-0.1, -0.05) is 31.5 Å². The van der Waals surface area contributed by atoms with Crippen molar-refractivity contribution in [2.45, 2.75) is 37.7 Å². The van der Waals surface area contributed by atoms with E-state index in [0.29, 0.717) is 12.3 Å². The zero-order valence-corrected chi connectivity index (χ0v) is 17.4. The maximum atomic E-state index is 12.4. The first-order valence-corrected chi connectivity index (χ1v) is 10.8. The van der Waals surface area contributed by atoms with E-state index in [2.05, 4.69) is 5.32 Å². The standard InChI is InChI=1S/C20H24N2O7S/c1-3-4-10-22-16-11-14(20(25)28-13(2)19(23)24)12-17(30(21,26)27)18(16)29-15-8-6-5-7-9-15/h5-9,11-13,22H,3-4,10H2,1-2H3,(H,23,24)(H2,21,26,27)/t13-/m0/s1. The van der Waals surface area contributed by atoms with Crippen LogP contribution in [-0.4, -0.2) is 38.1 Å². The molecule has 2 aromatic carbocycles. The number of aliphatic carboxylic acids is 1. The van der Waals surface area contributed by atoms with Crippen LogP contribution in [0.2, 0.25) is 0 Å². The number of esters is 1. The van der Waals surface area contributed by atoms with Crippen LogP contribution in [0.4, 0.5) is 5.69 Å². The molecule has 0 bridgehead atoms. The zero-order valence-electron chi connectivity index (χ0n) is 16.6. The molecule has 0 aliphatic carbocycles. The first-order chi connectivity index (χ1) is 14.1. The number of nitrogens with one attached hydrogen (secondary N) is 1. The van der Waals surface area contributed by atoms with Gasteiger partial charge < -0.3 is 19.9 Å². The molecule has 0 fully saturated rings. The van der Waals surface area contributed by atoms with Gasteiger partial charge in [0.25, 0.3) is 0 Å². The minimum atomic E-state index is -4.30. The van der Waals surface area contributed by atoms with E-state index in [9.17, 15) is 18.0 Å². The minimum Gasteiger partial charge on any atom is -0.479 e. The van der Waals surface area contributed by atoms with Gasteiger partial charge in [0.05, 0.1) is 11.3 Å². The van der Waals surface area contributed by atoms with Crippen molar-refractivity contribution in [1.29, 1.82) is 0 Å². The molecule has 0 aromatic heterocycles. The second-order valence-corrected chi connectivity index (χ2v) is 8.01. The lowest BCUT2D eigenvalue weighted by molar-refractivity contribution is -0.146. The van der Waals surface area contributed by atoms with Gasteiger partial charge in [-0.15, -0.1) is 0 Å². The summed E-state index contributed by atoms with van der Waals surface area (Å²) in [4.78, 5) is 22.9. The molecule has 0 saturated heterocycles. The summed E-state index contributed by atoms with van der Waals surface area (Å²) in [5.41, 5.74) is 0.0419. The number of carboxylic acid groups (broad SMARTS) is 1. The summed E-state index contributed by atoms with van der Waals surface area (Å²) in [6, 6.07) is 10.8. The highest BCUT2D eigenvalue weighted by molar-refractivity contribution is 7.89. The fourth-order valence-corrected chi connectivity index (χ4v) is 3.15. The fourth-order valence-electron chi connectivity index (χ4n) is 2.45. The molecule has 0 amide bonds. The van der Waals surface area contributed by atoms with Crippen LogP contribution in [0.15, 0.2) is 47.4 Å². The third-order valence-corrected chi connectivity index (χ3v) is 4.95. The summed E-state index contributed by atoms with van der Waals surface area (Å²) in [6.07, 6.45) is 0.245. The number of rotatable bonds is 10. The van der Waals surface area contributed by atoms with Gasteiger partial charge in [0.1, 0.15) is 10.6 Å². The Morgan fingerprint density at radius 3 is 2.43 bits per heavy atom. The predicted molar refractivity (Wildman–Crippen MR) is 110 cm³/mol. The summed E-state index contributed by atoms with van der Waals surface area (Å²) in [6.45, 7) is 3.66. The number of hydrogen-bond donors (Lipinski definition) is 3. The molecule has 1 atom stereocenters. The molecule has 162 valence electrons. The predicted octanol–water partition coefficient (Wildman–Crippen LogP) is 2.97. The molecular formula is C20H24N2O7S. The fraction of sp³-hybridized carbons (Fsp3) is 0.300. The van der Waals surface area contributed by atoms with E-state index in [1.54, 1.807) is 30.3 Å². The van der Waals surface area contributed by atoms with E-state index < -0.39 is 33.0 Å². The number of benzene rings is 2. The summed E-state index contributed by atoms with van der Waals surface area (Å²) in [5, 5.41) is 17.4. The van der Waals surface area contributed by atoms with Crippen LogP contribution in [0.5, 0.6) is 11.5 Å². The number of anilines is 1. The Kier molecular flexibility index (Phi) is 7.79. The Hall–Kier alpha value is -3.11. The van der Waals surface area contributed by atoms with Crippen LogP contribution in [-0.2, 0) is 19.6 Å². The number of unbranched alkanes of at least 4 members (excludes halogenated alkanes) is 1. The third-order valence-electron chi connectivity index (χ3n) is 4.04. The van der Waals surface area contributed by atoms with Crippen LogP contribution in [0.25, 0.3) is 0 Å². The Morgan fingerprint density at radius 2 is 1.87 bits per heavy atom. The van der Waals surface area contributed by atoms with Crippen molar-refractivity contribution in [3.05, 3.63) is 48.0 Å². The van der Waals surface area contributed by atoms with Gasteiger partial charge in [-0.3, -0.25) is 0 Å². The van der Waals surface area contributed by atoms with Gasteiger partial charge in [-0.2, -0.15) is 0 Å². The smallest absolute Gasteiger partial charge is 0.344 e. The summed E-state index contributed by atoms with van der Waals surface area (Å²) in [5.74, 6) is -2.03. The Balaban J connectivity index is 2.57. The Bertz CT molecular complexity index is 1010. The van der Waals surface area contributed by atoms with Crippen molar-refractivity contribution in [2.75, 3.05) is 11.9 Å². The van der Waals surface area contributed by atoms with Gasteiger partial charge >= 0.3 is 11.9 Å². The van der Waals surface area contributed by atoms with Crippen LogP contribution in [0, 0.1) is 0 Å². The number of carbonyl (C=O) groups excluding carboxylic acids is 1. The molecule has 2 aromatic rings. The molecule has 0 spiro atoms. The molecule has 0 radical (unpaired) electrons. The summed E-state index contributed by atoms with van der Waals surface area (Å²) >= 11 is 0. The third kappa shape index (κ3) is 6.19. The maximum absolute atomic E-state index is 12.4. The van der Waals surface area contributed by atoms with E-state index in [1.165, 1.54) is 13.0 Å². The molecule has 4 N–H and O–H groups in total. The lowest BCUT2D eigenvalue weighted by atomic mass is 10.1. The summed E-state index contributed by atoms with van der Waals surface area (Å²) in [7, 11) is -4.30. The number of hydrogen-bond acceptors (Lipinski definition) is 7. The quantitative estimate of drug-likeness (QED) is 0.381. The molecule has 0 aliphatic rings. The molecule has 30 heavy (non-hydrogen) atoms. The van der Waals surface area contributed by atoms with Crippen LogP contribution in [0.1, 0.15) is 37.0 Å². The van der Waals surface area contributed by atoms with Crippen molar-refractivity contribution < 1.29 is 32.6 Å². The average molecular weight is 436 g/mol. The molecule has 0 saturated carbocycles. The van der Waals surface area contributed by atoms with Gasteiger partial charge in [-0.05, 0) is 37.6 Å². The van der Waals surface area contributed by atoms with E-state index in [-0.39, 0.29) is 17.0 Å². The highest BCUT2D eigenvalue weighted by atomic mass is 32.2. The first-order valence-electron chi connectivity index (χ1n) is 9.25. The molecule has 0 unspecified atom stereocenters. The highest BCUT2D eigenvalue weighted by Crippen LogP contribution is 2.37. The average Bonchev–Trinajstić information content (AvgIpc) is 2.68. The van der Waals surface area contributed by atoms with E-state index in [4.69, 9.17) is 19.7 Å². The number of sulfonamides is 1. The first kappa shape index (κ1) is 23.2. The van der Waals surface area contributed by atoms with Crippen molar-refractivity contribution in [3.8, 4) is 11.5 Å². The second-order valence-electron chi connectivity index (χ2n) is 6.48. The normalized spacial score (nSPS) is 12.1. The number of nitrogens with two attached hydrogens (primary N) is 1. The lowest BCUT2D eigenvalue weighted by Crippen LogP contribution is -2.24. The topological polar surface area (TPSA) is 145 Å². The SMILES string of the molecule is CCCCNc1cc(C(=O)O[C@@H](C)C(=O)O)cc(S(N)(=O)=O)c1Oc1ccccc1. The van der Waals surface area contributed by atoms with Gasteiger partial charge in [-0.25, -0.2) is 23.1 Å². The minimum absolute atomic E-state index is 0.0670. The number of carbonyl (C=O) groups is 2. The van der Waals surface area contributed by atoms with Gasteiger partial charge in [0, 0.05) is 6.54 Å². The van der Waals surface area contributed by atoms with Crippen LogP contribution in [0.3, 0.4) is 0 Å². The maximum Gasteiger partial charge on any atom is 0.344 e. The van der Waals surface area contributed by atoms with Crippen LogP contribution >= 0.6 is 0 Å². The van der Waals surface area contributed by atoms with Crippen molar-refractivity contribution in [1.82, 2.24) is 0 Å². The molecular weight excluding hydrogens is 412 g/mol. The van der Waals surface area contributed by atoms with Gasteiger partial charge in [0.15, 0.2) is 11.9 Å². The number of carboxylic acids is 1. The largest absolute Gasteiger partial charge is 0.479 e. The molecule has 2 rings (SSSR count). The molecule has 10 heteroatoms. The van der Waals surface area contributed by atoms with Crippen molar-refractivity contribution in [3.63, 3.8) is 0 Å². The Morgan fingerprint density at radius 1 is 1.20 bits per heavy atom. The number of primary sulfonamides is 1. The van der Waals surface area contributed by atoms with E-state index in [0.717, 1.165) is 18.9 Å². The lowest BCUT2D eigenvalue weighted by Gasteiger charge is -2.18. The van der Waals surface area contributed by atoms with E-state index >= 15 is 0 Å². The molecule has 0 aliphatic heterocycles. The summed E-state index contributed by atoms with van der Waals surface area (Å²) < 4.78 is 35.2. The number of ether oxygens (including phenoxy) is 2. The monoisotopic (exact) mass is 436 g/mol. The van der Waals surface area contributed by atoms with Crippen LogP contribution < -0.4 is 15.2 Å². The van der Waals surface area contributed by atoms with Crippen molar-refractivity contribution in [2.24, 2.45) is 5.14 Å². The number of para-hydroxylation sites is 1. The second kappa shape index (κ2) is 10.1. The van der Waals surface area contributed by atoms with E-state index in [1.807, 2.05) is 6.92 Å². The molecule has 9 nitrogen and oxygen atoms in total. The zero-order chi connectivity index (χ0) is 22.3. The highest BCUT2D eigenvalue weighted by Gasteiger charge is 2.25. The van der Waals surface area contributed by atoms with Crippen molar-refractivity contribution >= 4 is 27.6 Å².